The average Bonchev–Trinajstić information content (AvgIpc) is 2.36. The maximum atomic E-state index is 12.6. The van der Waals surface area contributed by atoms with Gasteiger partial charge in [0.25, 0.3) is 5.91 Å². The lowest BCUT2D eigenvalue weighted by Gasteiger charge is -2.40. The molecule has 1 heterocycles. The Bertz CT molecular complexity index is 340. The van der Waals surface area contributed by atoms with Crippen molar-refractivity contribution in [2.24, 2.45) is 0 Å². The average molecular weight is 300 g/mol. The van der Waals surface area contributed by atoms with E-state index in [1.54, 1.807) is 13.8 Å². The molecule has 0 spiro atoms. The van der Waals surface area contributed by atoms with E-state index >= 15 is 0 Å². The molecule has 5 nitrogen and oxygen atoms in total. The highest BCUT2D eigenvalue weighted by molar-refractivity contribution is 5.84. The Hall–Kier alpha value is -0.650. The van der Waals surface area contributed by atoms with Crippen molar-refractivity contribution in [3.63, 3.8) is 0 Å². The largest absolute Gasteiger partial charge is 0.390 e. The molecule has 124 valence electrons. The number of hydrogen-bond acceptors (Lipinski definition) is 4. The van der Waals surface area contributed by atoms with Crippen molar-refractivity contribution < 1.29 is 14.6 Å². The zero-order valence-corrected chi connectivity index (χ0v) is 14.5. The van der Waals surface area contributed by atoms with Crippen molar-refractivity contribution in [1.82, 2.24) is 9.80 Å². The van der Waals surface area contributed by atoms with Gasteiger partial charge in [0.05, 0.1) is 12.2 Å². The van der Waals surface area contributed by atoms with E-state index in [4.69, 9.17) is 4.74 Å². The second-order valence-electron chi connectivity index (χ2n) is 7.34. The number of hydrogen-bond donors (Lipinski definition) is 1. The number of aliphatic hydroxyl groups is 1. The van der Waals surface area contributed by atoms with Crippen LogP contribution in [0.2, 0.25) is 0 Å². The summed E-state index contributed by atoms with van der Waals surface area (Å²) in [7, 11) is 0. The molecule has 0 unspecified atom stereocenters. The molecule has 0 saturated carbocycles. The van der Waals surface area contributed by atoms with Crippen LogP contribution < -0.4 is 0 Å². The van der Waals surface area contributed by atoms with Gasteiger partial charge in [-0.25, -0.2) is 0 Å². The maximum absolute atomic E-state index is 12.6. The standard InChI is InChI=1S/C16H32N2O3/c1-13(2)17-8-10-18(11-9-17)14(19)16(5,6)21-12-7-15(3,4)20/h13,20H,7-12H2,1-6H3. The molecule has 1 amide bonds. The first-order valence-electron chi connectivity index (χ1n) is 7.93. The van der Waals surface area contributed by atoms with Gasteiger partial charge in [0, 0.05) is 32.2 Å². The van der Waals surface area contributed by atoms with E-state index in [2.05, 4.69) is 18.7 Å². The van der Waals surface area contributed by atoms with Crippen LogP contribution in [0.1, 0.15) is 48.0 Å². The summed E-state index contributed by atoms with van der Waals surface area (Å²) in [6.07, 6.45) is 0.519. The van der Waals surface area contributed by atoms with Gasteiger partial charge in [-0.2, -0.15) is 0 Å². The molecule has 1 saturated heterocycles. The highest BCUT2D eigenvalue weighted by atomic mass is 16.5. The number of ether oxygens (including phenoxy) is 1. The van der Waals surface area contributed by atoms with E-state index in [0.717, 1.165) is 26.2 Å². The molecule has 21 heavy (non-hydrogen) atoms. The van der Waals surface area contributed by atoms with Crippen LogP contribution in [0.15, 0.2) is 0 Å². The van der Waals surface area contributed by atoms with Gasteiger partial charge in [0.1, 0.15) is 5.60 Å². The summed E-state index contributed by atoms with van der Waals surface area (Å²) >= 11 is 0. The van der Waals surface area contributed by atoms with Crippen LogP contribution in [0, 0.1) is 0 Å². The van der Waals surface area contributed by atoms with E-state index in [0.29, 0.717) is 19.1 Å². The molecule has 0 atom stereocenters. The van der Waals surface area contributed by atoms with Gasteiger partial charge < -0.3 is 14.7 Å². The summed E-state index contributed by atoms with van der Waals surface area (Å²) in [6.45, 7) is 15.2. The Morgan fingerprint density at radius 2 is 1.67 bits per heavy atom. The Balaban J connectivity index is 2.46. The molecular formula is C16H32N2O3. The predicted octanol–water partition coefficient (Wildman–Crippen LogP) is 1.50. The number of carbonyl (C=O) groups is 1. The summed E-state index contributed by atoms with van der Waals surface area (Å²) in [5.41, 5.74) is -1.59. The van der Waals surface area contributed by atoms with Crippen molar-refractivity contribution in [1.29, 1.82) is 0 Å². The van der Waals surface area contributed by atoms with E-state index in [1.807, 2.05) is 18.7 Å². The summed E-state index contributed by atoms with van der Waals surface area (Å²) < 4.78 is 5.73. The normalized spacial score (nSPS) is 18.4. The minimum absolute atomic E-state index is 0.0432. The smallest absolute Gasteiger partial charge is 0.254 e. The van der Waals surface area contributed by atoms with Gasteiger partial charge in [-0.1, -0.05) is 0 Å². The molecular weight excluding hydrogens is 268 g/mol. The Morgan fingerprint density at radius 3 is 2.10 bits per heavy atom. The second-order valence-corrected chi connectivity index (χ2v) is 7.34. The van der Waals surface area contributed by atoms with Crippen LogP contribution in [0.25, 0.3) is 0 Å². The molecule has 1 aliphatic heterocycles. The first kappa shape index (κ1) is 18.4. The Morgan fingerprint density at radius 1 is 1.14 bits per heavy atom. The number of amides is 1. The molecule has 0 aromatic carbocycles. The number of carbonyl (C=O) groups excluding carboxylic acids is 1. The summed E-state index contributed by atoms with van der Waals surface area (Å²) in [4.78, 5) is 16.8. The van der Waals surface area contributed by atoms with Crippen LogP contribution in [-0.4, -0.2) is 70.8 Å². The molecule has 1 fully saturated rings. The summed E-state index contributed by atoms with van der Waals surface area (Å²) in [5.74, 6) is 0.0432. The third-order valence-corrected chi connectivity index (χ3v) is 4.02. The lowest BCUT2D eigenvalue weighted by atomic mass is 10.0. The second kappa shape index (κ2) is 7.07. The van der Waals surface area contributed by atoms with Crippen molar-refractivity contribution in [3.8, 4) is 0 Å². The van der Waals surface area contributed by atoms with Gasteiger partial charge in [-0.05, 0) is 48.0 Å². The van der Waals surface area contributed by atoms with Crippen molar-refractivity contribution in [2.45, 2.75) is 65.2 Å². The molecule has 0 bridgehead atoms. The molecule has 0 aliphatic carbocycles. The number of piperazine rings is 1. The molecule has 1 N–H and O–H groups in total. The number of nitrogens with zero attached hydrogens (tertiary/aromatic N) is 2. The minimum Gasteiger partial charge on any atom is -0.390 e. The minimum atomic E-state index is -0.828. The highest BCUT2D eigenvalue weighted by Crippen LogP contribution is 2.18. The van der Waals surface area contributed by atoms with Crippen LogP contribution in [-0.2, 0) is 9.53 Å². The number of rotatable bonds is 6. The summed E-state index contributed by atoms with van der Waals surface area (Å²) in [5, 5.41) is 9.70. The van der Waals surface area contributed by atoms with Crippen LogP contribution in [0.4, 0.5) is 0 Å². The third-order valence-electron chi connectivity index (χ3n) is 4.02. The molecule has 0 radical (unpaired) electrons. The Kier molecular flexibility index (Phi) is 6.20. The van der Waals surface area contributed by atoms with Gasteiger partial charge in [-0.15, -0.1) is 0 Å². The lowest BCUT2D eigenvalue weighted by Crippen LogP contribution is -2.56. The fraction of sp³-hybridized carbons (Fsp3) is 0.938. The molecule has 5 heteroatoms. The van der Waals surface area contributed by atoms with E-state index in [1.165, 1.54) is 0 Å². The predicted molar refractivity (Wildman–Crippen MR) is 84.2 cm³/mol. The molecule has 0 aromatic heterocycles. The quantitative estimate of drug-likeness (QED) is 0.807. The topological polar surface area (TPSA) is 53.0 Å². The zero-order chi connectivity index (χ0) is 16.3. The van der Waals surface area contributed by atoms with Gasteiger partial charge in [-0.3, -0.25) is 9.69 Å². The summed E-state index contributed by atoms with van der Waals surface area (Å²) in [6, 6.07) is 0.526. The van der Waals surface area contributed by atoms with Gasteiger partial charge in [0.15, 0.2) is 0 Å². The molecule has 1 aliphatic rings. The van der Waals surface area contributed by atoms with Gasteiger partial charge >= 0.3 is 0 Å². The first-order valence-corrected chi connectivity index (χ1v) is 7.93. The van der Waals surface area contributed by atoms with Crippen molar-refractivity contribution >= 4 is 5.91 Å². The SMILES string of the molecule is CC(C)N1CCN(C(=O)C(C)(C)OCCC(C)(C)O)CC1. The van der Waals surface area contributed by atoms with E-state index < -0.39 is 11.2 Å². The third kappa shape index (κ3) is 5.93. The fourth-order valence-electron chi connectivity index (χ4n) is 2.44. The highest BCUT2D eigenvalue weighted by Gasteiger charge is 2.35. The lowest BCUT2D eigenvalue weighted by molar-refractivity contribution is -0.157. The maximum Gasteiger partial charge on any atom is 0.254 e. The van der Waals surface area contributed by atoms with Gasteiger partial charge in [0.2, 0.25) is 0 Å². The van der Waals surface area contributed by atoms with E-state index in [-0.39, 0.29) is 5.91 Å². The van der Waals surface area contributed by atoms with Crippen molar-refractivity contribution in [2.75, 3.05) is 32.8 Å². The van der Waals surface area contributed by atoms with Crippen LogP contribution in [0.5, 0.6) is 0 Å². The van der Waals surface area contributed by atoms with Crippen LogP contribution >= 0.6 is 0 Å². The molecule has 0 aromatic rings. The van der Waals surface area contributed by atoms with Crippen molar-refractivity contribution in [3.05, 3.63) is 0 Å². The van der Waals surface area contributed by atoms with E-state index in [9.17, 15) is 9.90 Å². The zero-order valence-electron chi connectivity index (χ0n) is 14.5. The first-order chi connectivity index (χ1) is 9.53. The Labute approximate surface area is 129 Å². The van der Waals surface area contributed by atoms with Crippen LogP contribution in [0.3, 0.4) is 0 Å². The monoisotopic (exact) mass is 300 g/mol. The fourth-order valence-corrected chi connectivity index (χ4v) is 2.44. The molecule has 1 rings (SSSR count).